The lowest BCUT2D eigenvalue weighted by Crippen LogP contribution is -2.19. The molecule has 2 heterocycles. The number of benzene rings is 2. The third-order valence-electron chi connectivity index (χ3n) is 4.52. The van der Waals surface area contributed by atoms with Gasteiger partial charge in [0.1, 0.15) is 5.82 Å². The van der Waals surface area contributed by atoms with Crippen molar-refractivity contribution < 1.29 is 8.42 Å². The third-order valence-corrected chi connectivity index (χ3v) is 5.90. The standard InChI is InChI=1S/C18H18N6O3S/c1-11-19-17(21-20-11)12-5-4-6-13(9-12)22-28(26,27)14-7-8-15-16(10-14)24(3)18(25)23(15)2/h4-10,22H,1-3H3,(H,19,20,21). The number of aromatic nitrogens is 5. The van der Waals surface area contributed by atoms with Crippen molar-refractivity contribution >= 4 is 26.7 Å². The van der Waals surface area contributed by atoms with E-state index in [1.807, 2.05) is 0 Å². The average Bonchev–Trinajstić information content (AvgIpc) is 3.19. The molecule has 0 amide bonds. The summed E-state index contributed by atoms with van der Waals surface area (Å²) in [5.74, 6) is 1.15. The second-order valence-corrected chi connectivity index (χ2v) is 8.16. The van der Waals surface area contributed by atoms with E-state index in [0.717, 1.165) is 0 Å². The van der Waals surface area contributed by atoms with Gasteiger partial charge in [-0.05, 0) is 37.3 Å². The maximum Gasteiger partial charge on any atom is 0.328 e. The summed E-state index contributed by atoms with van der Waals surface area (Å²) in [4.78, 5) is 16.4. The van der Waals surface area contributed by atoms with Gasteiger partial charge in [-0.15, -0.1) is 0 Å². The van der Waals surface area contributed by atoms with Crippen LogP contribution < -0.4 is 10.4 Å². The van der Waals surface area contributed by atoms with Crippen molar-refractivity contribution in [3.63, 3.8) is 0 Å². The number of imidazole rings is 1. The molecule has 0 fully saturated rings. The Morgan fingerprint density at radius 3 is 2.50 bits per heavy atom. The van der Waals surface area contributed by atoms with Crippen LogP contribution in [0.2, 0.25) is 0 Å². The minimum atomic E-state index is -3.84. The Balaban J connectivity index is 1.71. The fourth-order valence-corrected chi connectivity index (χ4v) is 4.13. The average molecular weight is 398 g/mol. The Labute approximate surface area is 160 Å². The van der Waals surface area contributed by atoms with E-state index in [0.29, 0.717) is 33.9 Å². The SMILES string of the molecule is Cc1nc(-c2cccc(NS(=O)(=O)c3ccc4c(c3)n(C)c(=O)n4C)c2)n[nH]1. The van der Waals surface area contributed by atoms with Gasteiger partial charge in [0, 0.05) is 25.3 Å². The van der Waals surface area contributed by atoms with Crippen molar-refractivity contribution in [3.8, 4) is 11.4 Å². The molecule has 0 atom stereocenters. The summed E-state index contributed by atoms with van der Waals surface area (Å²) in [6.45, 7) is 1.79. The zero-order chi connectivity index (χ0) is 20.1. The number of nitrogens with one attached hydrogen (secondary N) is 2. The molecule has 4 aromatic rings. The Morgan fingerprint density at radius 1 is 1.04 bits per heavy atom. The van der Waals surface area contributed by atoms with Crippen molar-refractivity contribution in [1.29, 1.82) is 0 Å². The normalized spacial score (nSPS) is 11.8. The minimum absolute atomic E-state index is 0.0698. The first-order valence-electron chi connectivity index (χ1n) is 8.44. The molecule has 0 aliphatic rings. The highest BCUT2D eigenvalue weighted by Gasteiger charge is 2.18. The van der Waals surface area contributed by atoms with Crippen LogP contribution in [0.1, 0.15) is 5.82 Å². The van der Waals surface area contributed by atoms with Gasteiger partial charge in [0.15, 0.2) is 5.82 Å². The Morgan fingerprint density at radius 2 is 1.79 bits per heavy atom. The Hall–Kier alpha value is -3.40. The summed E-state index contributed by atoms with van der Waals surface area (Å²) in [5.41, 5.74) is 2.06. The van der Waals surface area contributed by atoms with Gasteiger partial charge in [0.05, 0.1) is 15.9 Å². The van der Waals surface area contributed by atoms with Gasteiger partial charge in [-0.2, -0.15) is 5.10 Å². The summed E-state index contributed by atoms with van der Waals surface area (Å²) in [7, 11) is -0.588. The highest BCUT2D eigenvalue weighted by atomic mass is 32.2. The molecule has 0 saturated heterocycles. The van der Waals surface area contributed by atoms with Gasteiger partial charge in [-0.3, -0.25) is 19.0 Å². The van der Waals surface area contributed by atoms with Gasteiger partial charge in [-0.25, -0.2) is 18.2 Å². The molecule has 0 bridgehead atoms. The molecule has 9 nitrogen and oxygen atoms in total. The van der Waals surface area contributed by atoms with E-state index in [4.69, 9.17) is 0 Å². The van der Waals surface area contributed by atoms with Crippen molar-refractivity contribution in [3.05, 3.63) is 58.8 Å². The van der Waals surface area contributed by atoms with Crippen LogP contribution in [0.5, 0.6) is 0 Å². The molecule has 0 saturated carbocycles. The molecule has 0 aliphatic carbocycles. The minimum Gasteiger partial charge on any atom is -0.295 e. The van der Waals surface area contributed by atoms with Crippen LogP contribution in [0.3, 0.4) is 0 Å². The van der Waals surface area contributed by atoms with Gasteiger partial charge in [-0.1, -0.05) is 12.1 Å². The largest absolute Gasteiger partial charge is 0.328 e. The summed E-state index contributed by atoms with van der Waals surface area (Å²) in [6.07, 6.45) is 0. The molecule has 2 aromatic heterocycles. The molecular formula is C18H18N6O3S. The number of hydrogen-bond donors (Lipinski definition) is 2. The number of sulfonamides is 1. The zero-order valence-corrected chi connectivity index (χ0v) is 16.3. The number of hydrogen-bond acceptors (Lipinski definition) is 5. The maximum absolute atomic E-state index is 12.9. The van der Waals surface area contributed by atoms with Crippen molar-refractivity contribution in [1.82, 2.24) is 24.3 Å². The number of aromatic amines is 1. The van der Waals surface area contributed by atoms with E-state index in [1.165, 1.54) is 21.3 Å². The number of anilines is 1. The first-order valence-corrected chi connectivity index (χ1v) is 9.92. The molecular weight excluding hydrogens is 380 g/mol. The van der Waals surface area contributed by atoms with Crippen LogP contribution in [-0.2, 0) is 24.1 Å². The number of aryl methyl sites for hydroxylation is 3. The lowest BCUT2D eigenvalue weighted by Gasteiger charge is -2.09. The lowest BCUT2D eigenvalue weighted by atomic mass is 10.2. The summed E-state index contributed by atoms with van der Waals surface area (Å²) >= 11 is 0. The van der Waals surface area contributed by atoms with Crippen molar-refractivity contribution in [2.24, 2.45) is 14.1 Å². The first-order chi connectivity index (χ1) is 13.3. The van der Waals surface area contributed by atoms with Crippen molar-refractivity contribution in [2.45, 2.75) is 11.8 Å². The van der Waals surface area contributed by atoms with Crippen LogP contribution in [0.25, 0.3) is 22.4 Å². The molecule has 2 N–H and O–H groups in total. The van der Waals surface area contributed by atoms with Gasteiger partial charge in [0.25, 0.3) is 10.0 Å². The number of H-pyrrole nitrogens is 1. The molecule has 0 radical (unpaired) electrons. The summed E-state index contributed by atoms with van der Waals surface area (Å²) in [6, 6.07) is 11.4. The first kappa shape index (κ1) is 18.0. The fraction of sp³-hybridized carbons (Fsp3) is 0.167. The molecule has 0 unspecified atom stereocenters. The quantitative estimate of drug-likeness (QED) is 0.544. The van der Waals surface area contributed by atoms with Crippen LogP contribution in [0.4, 0.5) is 5.69 Å². The molecule has 10 heteroatoms. The van der Waals surface area contributed by atoms with Gasteiger partial charge < -0.3 is 0 Å². The number of nitrogens with zero attached hydrogens (tertiary/aromatic N) is 4. The maximum atomic E-state index is 12.9. The second kappa shape index (κ2) is 6.34. The van der Waals surface area contributed by atoms with Crippen LogP contribution >= 0.6 is 0 Å². The fourth-order valence-electron chi connectivity index (χ4n) is 3.06. The zero-order valence-electron chi connectivity index (χ0n) is 15.5. The topological polar surface area (TPSA) is 115 Å². The van der Waals surface area contributed by atoms with E-state index < -0.39 is 10.0 Å². The van der Waals surface area contributed by atoms with Gasteiger partial charge >= 0.3 is 5.69 Å². The van der Waals surface area contributed by atoms with Crippen molar-refractivity contribution in [2.75, 3.05) is 4.72 Å². The highest BCUT2D eigenvalue weighted by Crippen LogP contribution is 2.23. The van der Waals surface area contributed by atoms with E-state index in [-0.39, 0.29) is 10.6 Å². The summed E-state index contributed by atoms with van der Waals surface area (Å²) < 4.78 is 31.2. The van der Waals surface area contributed by atoms with E-state index in [9.17, 15) is 13.2 Å². The summed E-state index contributed by atoms with van der Waals surface area (Å²) in [5, 5.41) is 6.85. The molecule has 144 valence electrons. The molecule has 0 aliphatic heterocycles. The third kappa shape index (κ3) is 2.97. The lowest BCUT2D eigenvalue weighted by molar-refractivity contribution is 0.601. The number of fused-ring (bicyclic) bond motifs is 1. The molecule has 4 rings (SSSR count). The van der Waals surface area contributed by atoms with Crippen LogP contribution in [-0.4, -0.2) is 32.7 Å². The number of rotatable bonds is 4. The predicted molar refractivity (Wildman–Crippen MR) is 106 cm³/mol. The van der Waals surface area contributed by atoms with Crippen LogP contribution in [0.15, 0.2) is 52.2 Å². The van der Waals surface area contributed by atoms with E-state index >= 15 is 0 Å². The van der Waals surface area contributed by atoms with E-state index in [1.54, 1.807) is 51.4 Å². The predicted octanol–water partition coefficient (Wildman–Crippen LogP) is 1.77. The smallest absolute Gasteiger partial charge is 0.295 e. The Bertz CT molecular complexity index is 1360. The van der Waals surface area contributed by atoms with Gasteiger partial charge in [0.2, 0.25) is 0 Å². The van der Waals surface area contributed by atoms with Crippen LogP contribution in [0, 0.1) is 6.92 Å². The highest BCUT2D eigenvalue weighted by molar-refractivity contribution is 7.92. The molecule has 2 aromatic carbocycles. The molecule has 0 spiro atoms. The second-order valence-electron chi connectivity index (χ2n) is 6.48. The monoisotopic (exact) mass is 398 g/mol. The van der Waals surface area contributed by atoms with E-state index in [2.05, 4.69) is 19.9 Å². The Kier molecular flexibility index (Phi) is 4.07. The molecule has 28 heavy (non-hydrogen) atoms.